The Balaban J connectivity index is 4.85. The summed E-state index contributed by atoms with van der Waals surface area (Å²) in [6.07, 6.45) is 0. The maximum Gasteiger partial charge on any atom is 0.365 e. The largest absolute Gasteiger partial charge is 0.365 e. The van der Waals surface area contributed by atoms with Gasteiger partial charge in [-0.15, -0.1) is 0 Å². The lowest BCUT2D eigenvalue weighted by Gasteiger charge is -2.22. The Morgan fingerprint density at radius 2 is 1.54 bits per heavy atom. The molecule has 0 heterocycles. The van der Waals surface area contributed by atoms with Gasteiger partial charge in [0.15, 0.2) is 6.67 Å². The summed E-state index contributed by atoms with van der Waals surface area (Å²) in [6.45, 7) is 1.91. The van der Waals surface area contributed by atoms with Crippen LogP contribution in [0.25, 0.3) is 0 Å². The van der Waals surface area contributed by atoms with Crippen LogP contribution in [0.5, 0.6) is 0 Å². The molecule has 0 atom stereocenters. The van der Waals surface area contributed by atoms with Gasteiger partial charge < -0.3 is 0 Å². The predicted molar refractivity (Wildman–Crippen MR) is 40.4 cm³/mol. The van der Waals surface area contributed by atoms with Crippen LogP contribution in [0.4, 0.5) is 13.2 Å². The number of carbonyl (C=O) groups is 2. The Bertz CT molecular complexity index is 228. The fourth-order valence-corrected chi connectivity index (χ4v) is 0.682. The van der Waals surface area contributed by atoms with Crippen molar-refractivity contribution in [3.8, 4) is 0 Å². The molecule has 0 saturated carbocycles. The molecule has 2 nitrogen and oxygen atoms in total. The molecule has 0 unspecified atom stereocenters. The number of hydrogen-bond acceptors (Lipinski definition) is 2. The van der Waals surface area contributed by atoms with Gasteiger partial charge in [0.25, 0.3) is 0 Å². The zero-order valence-electron chi connectivity index (χ0n) is 7.66. The molecule has 0 aliphatic carbocycles. The first-order chi connectivity index (χ1) is 5.64. The second kappa shape index (κ2) is 3.47. The predicted octanol–water partition coefficient (Wildman–Crippen LogP) is 1.78. The standard InChI is InChI=1S/C8H11F3O2/c1-7(2,3)6(13)8(10,11)5(12)4-9/h4H2,1-3H3. The summed E-state index contributed by atoms with van der Waals surface area (Å²) < 4.78 is 37.2. The van der Waals surface area contributed by atoms with Crippen molar-refractivity contribution in [2.45, 2.75) is 26.7 Å². The van der Waals surface area contributed by atoms with Crippen LogP contribution in [-0.2, 0) is 9.59 Å². The van der Waals surface area contributed by atoms with E-state index in [0.29, 0.717) is 0 Å². The molecule has 0 fully saturated rings. The zero-order valence-corrected chi connectivity index (χ0v) is 7.66. The summed E-state index contributed by atoms with van der Waals surface area (Å²) in [4.78, 5) is 21.3. The first kappa shape index (κ1) is 12.1. The van der Waals surface area contributed by atoms with Crippen LogP contribution in [0.1, 0.15) is 20.8 Å². The molecule has 0 rings (SSSR count). The summed E-state index contributed by atoms with van der Waals surface area (Å²) in [5, 5.41) is 0. The molecular formula is C8H11F3O2. The Morgan fingerprint density at radius 3 is 1.77 bits per heavy atom. The molecule has 0 amide bonds. The van der Waals surface area contributed by atoms with E-state index in [1.165, 1.54) is 20.8 Å². The van der Waals surface area contributed by atoms with Crippen LogP contribution in [0.3, 0.4) is 0 Å². The molecule has 0 aliphatic rings. The van der Waals surface area contributed by atoms with Crippen molar-refractivity contribution in [2.24, 2.45) is 5.41 Å². The van der Waals surface area contributed by atoms with E-state index in [9.17, 15) is 22.8 Å². The first-order valence-electron chi connectivity index (χ1n) is 3.66. The van der Waals surface area contributed by atoms with Gasteiger partial charge in [-0.3, -0.25) is 9.59 Å². The number of alkyl halides is 3. The van der Waals surface area contributed by atoms with E-state index in [1.54, 1.807) is 0 Å². The first-order valence-corrected chi connectivity index (χ1v) is 3.66. The Labute approximate surface area is 74.1 Å². The number of Topliss-reactive ketones (excluding diaryl/α,β-unsaturated/α-hetero) is 2. The third-order valence-electron chi connectivity index (χ3n) is 1.44. The molecule has 0 bridgehead atoms. The van der Waals surface area contributed by atoms with Gasteiger partial charge in [0.2, 0.25) is 11.6 Å². The van der Waals surface area contributed by atoms with Crippen LogP contribution >= 0.6 is 0 Å². The van der Waals surface area contributed by atoms with E-state index >= 15 is 0 Å². The van der Waals surface area contributed by atoms with Gasteiger partial charge in [0.1, 0.15) is 0 Å². The van der Waals surface area contributed by atoms with E-state index in [2.05, 4.69) is 0 Å². The summed E-state index contributed by atoms with van der Waals surface area (Å²) in [5.74, 6) is -7.73. The van der Waals surface area contributed by atoms with Crippen LogP contribution in [0.15, 0.2) is 0 Å². The van der Waals surface area contributed by atoms with Crippen LogP contribution < -0.4 is 0 Å². The topological polar surface area (TPSA) is 34.1 Å². The van der Waals surface area contributed by atoms with Crippen molar-refractivity contribution in [3.63, 3.8) is 0 Å². The maximum absolute atomic E-state index is 12.8. The molecule has 5 heteroatoms. The fourth-order valence-electron chi connectivity index (χ4n) is 0.682. The highest BCUT2D eigenvalue weighted by molar-refractivity contribution is 6.10. The second-order valence-corrected chi connectivity index (χ2v) is 3.71. The number of halogens is 3. The maximum atomic E-state index is 12.8. The van der Waals surface area contributed by atoms with Crippen molar-refractivity contribution in [3.05, 3.63) is 0 Å². The summed E-state index contributed by atoms with van der Waals surface area (Å²) in [6, 6.07) is 0. The molecule has 76 valence electrons. The number of ketones is 2. The van der Waals surface area contributed by atoms with E-state index in [4.69, 9.17) is 0 Å². The quantitative estimate of drug-likeness (QED) is 0.644. The van der Waals surface area contributed by atoms with Gasteiger partial charge in [-0.25, -0.2) is 4.39 Å². The number of rotatable bonds is 3. The van der Waals surface area contributed by atoms with E-state index in [0.717, 1.165) is 0 Å². The lowest BCUT2D eigenvalue weighted by atomic mass is 9.86. The molecule has 13 heavy (non-hydrogen) atoms. The van der Waals surface area contributed by atoms with Crippen LogP contribution in [0, 0.1) is 5.41 Å². The highest BCUT2D eigenvalue weighted by atomic mass is 19.3. The number of hydrogen-bond donors (Lipinski definition) is 0. The van der Waals surface area contributed by atoms with Crippen molar-refractivity contribution in [1.29, 1.82) is 0 Å². The van der Waals surface area contributed by atoms with Gasteiger partial charge in [-0.05, 0) is 0 Å². The smallest absolute Gasteiger partial charge is 0.292 e. The van der Waals surface area contributed by atoms with Gasteiger partial charge >= 0.3 is 5.92 Å². The zero-order chi connectivity index (χ0) is 10.9. The summed E-state index contributed by atoms with van der Waals surface area (Å²) >= 11 is 0. The molecule has 0 aromatic heterocycles. The lowest BCUT2D eigenvalue weighted by molar-refractivity contribution is -0.162. The van der Waals surface area contributed by atoms with Gasteiger partial charge in [-0.1, -0.05) is 20.8 Å². The Hall–Kier alpha value is -0.870. The Morgan fingerprint density at radius 1 is 1.15 bits per heavy atom. The van der Waals surface area contributed by atoms with E-state index in [-0.39, 0.29) is 0 Å². The number of carbonyl (C=O) groups excluding carboxylic acids is 2. The minimum absolute atomic E-state index is 1.24. The SMILES string of the molecule is CC(C)(C)C(=O)C(F)(F)C(=O)CF. The van der Waals surface area contributed by atoms with Crippen molar-refractivity contribution in [2.75, 3.05) is 6.67 Å². The lowest BCUT2D eigenvalue weighted by Crippen LogP contribution is -2.45. The molecule has 0 aromatic carbocycles. The van der Waals surface area contributed by atoms with Crippen molar-refractivity contribution >= 4 is 11.6 Å². The molecule has 0 radical (unpaired) electrons. The minimum atomic E-state index is -4.20. The van der Waals surface area contributed by atoms with Crippen LogP contribution in [-0.4, -0.2) is 24.2 Å². The fraction of sp³-hybridized carbons (Fsp3) is 0.750. The molecule has 0 aliphatic heterocycles. The van der Waals surface area contributed by atoms with Crippen molar-refractivity contribution < 1.29 is 22.8 Å². The third-order valence-corrected chi connectivity index (χ3v) is 1.44. The van der Waals surface area contributed by atoms with Gasteiger partial charge in [0.05, 0.1) is 0 Å². The molecule has 0 N–H and O–H groups in total. The third kappa shape index (κ3) is 2.54. The molecular weight excluding hydrogens is 185 g/mol. The average molecular weight is 196 g/mol. The normalized spacial score (nSPS) is 12.8. The molecule has 0 saturated heterocycles. The molecule has 0 aromatic rings. The van der Waals surface area contributed by atoms with E-state index in [1.807, 2.05) is 0 Å². The second-order valence-electron chi connectivity index (χ2n) is 3.71. The summed E-state index contributed by atoms with van der Waals surface area (Å²) in [7, 11) is 0. The van der Waals surface area contributed by atoms with Gasteiger partial charge in [0, 0.05) is 5.41 Å². The highest BCUT2D eigenvalue weighted by Gasteiger charge is 2.50. The van der Waals surface area contributed by atoms with Crippen molar-refractivity contribution in [1.82, 2.24) is 0 Å². The van der Waals surface area contributed by atoms with Gasteiger partial charge in [-0.2, -0.15) is 8.78 Å². The van der Waals surface area contributed by atoms with E-state index < -0.39 is 29.6 Å². The monoisotopic (exact) mass is 196 g/mol. The average Bonchev–Trinajstić information content (AvgIpc) is 1.99. The van der Waals surface area contributed by atoms with Crippen LogP contribution in [0.2, 0.25) is 0 Å². The Kier molecular flexibility index (Phi) is 3.24. The highest BCUT2D eigenvalue weighted by Crippen LogP contribution is 2.28. The molecule has 0 spiro atoms. The summed E-state index contributed by atoms with van der Waals surface area (Å²) in [5.41, 5.74) is -1.35. The minimum Gasteiger partial charge on any atom is -0.292 e.